The summed E-state index contributed by atoms with van der Waals surface area (Å²) in [6.45, 7) is 12.1. The summed E-state index contributed by atoms with van der Waals surface area (Å²) >= 11 is 0. The molecule has 102 valence electrons. The highest BCUT2D eigenvalue weighted by Gasteiger charge is 2.26. The number of rotatable bonds is 7. The van der Waals surface area contributed by atoms with E-state index in [1.807, 2.05) is 0 Å². The van der Waals surface area contributed by atoms with Gasteiger partial charge < -0.3 is 15.0 Å². The number of hydrogen-bond acceptors (Lipinski definition) is 3. The van der Waals surface area contributed by atoms with Crippen LogP contribution in [0, 0.1) is 11.8 Å². The smallest absolute Gasteiger partial charge is 0.0521 e. The zero-order valence-corrected chi connectivity index (χ0v) is 12.0. The molecule has 1 saturated heterocycles. The van der Waals surface area contributed by atoms with Crippen LogP contribution >= 0.6 is 0 Å². The Morgan fingerprint density at radius 3 is 2.82 bits per heavy atom. The van der Waals surface area contributed by atoms with Crippen LogP contribution in [0.1, 0.15) is 33.6 Å². The second-order valence-electron chi connectivity index (χ2n) is 5.80. The fourth-order valence-electron chi connectivity index (χ4n) is 2.67. The van der Waals surface area contributed by atoms with Crippen molar-refractivity contribution in [2.75, 3.05) is 39.9 Å². The van der Waals surface area contributed by atoms with Crippen molar-refractivity contribution in [2.45, 2.75) is 39.7 Å². The number of nitrogens with one attached hydrogen (secondary N) is 1. The first-order valence-corrected chi connectivity index (χ1v) is 7.13. The van der Waals surface area contributed by atoms with E-state index in [9.17, 15) is 0 Å². The molecule has 0 amide bonds. The number of ether oxygens (including phenoxy) is 1. The van der Waals surface area contributed by atoms with E-state index in [1.54, 1.807) is 0 Å². The predicted molar refractivity (Wildman–Crippen MR) is 73.3 cm³/mol. The molecule has 1 aliphatic rings. The minimum atomic E-state index is 0.651. The van der Waals surface area contributed by atoms with Gasteiger partial charge in [-0.05, 0) is 32.4 Å². The van der Waals surface area contributed by atoms with Gasteiger partial charge in [-0.25, -0.2) is 0 Å². The number of nitrogens with zero attached hydrogens (tertiary/aromatic N) is 1. The van der Waals surface area contributed by atoms with Crippen molar-refractivity contribution in [1.29, 1.82) is 0 Å². The monoisotopic (exact) mass is 242 g/mol. The molecule has 1 N–H and O–H groups in total. The Morgan fingerprint density at radius 1 is 1.41 bits per heavy atom. The van der Waals surface area contributed by atoms with Crippen molar-refractivity contribution >= 4 is 0 Å². The molecule has 0 bridgehead atoms. The Hall–Kier alpha value is -0.120. The maximum absolute atomic E-state index is 5.63. The molecule has 1 rings (SSSR count). The second-order valence-corrected chi connectivity index (χ2v) is 5.80. The second kappa shape index (κ2) is 8.06. The lowest BCUT2D eigenvalue weighted by molar-refractivity contribution is 0.0187. The van der Waals surface area contributed by atoms with Gasteiger partial charge in [-0.2, -0.15) is 0 Å². The Kier molecular flexibility index (Phi) is 7.09. The predicted octanol–water partition coefficient (Wildman–Crippen LogP) is 1.98. The summed E-state index contributed by atoms with van der Waals surface area (Å²) in [6.07, 6.45) is 2.38. The third-order valence-corrected chi connectivity index (χ3v) is 3.35. The highest BCUT2D eigenvalue weighted by Crippen LogP contribution is 2.16. The minimum absolute atomic E-state index is 0.651. The summed E-state index contributed by atoms with van der Waals surface area (Å²) in [4.78, 5) is 2.45. The van der Waals surface area contributed by atoms with Crippen LogP contribution in [0.25, 0.3) is 0 Å². The van der Waals surface area contributed by atoms with Crippen molar-refractivity contribution in [2.24, 2.45) is 11.8 Å². The van der Waals surface area contributed by atoms with Crippen molar-refractivity contribution in [3.05, 3.63) is 0 Å². The summed E-state index contributed by atoms with van der Waals surface area (Å²) in [5.41, 5.74) is 0. The van der Waals surface area contributed by atoms with Gasteiger partial charge in [0, 0.05) is 31.7 Å². The molecular weight excluding hydrogens is 212 g/mol. The van der Waals surface area contributed by atoms with E-state index in [4.69, 9.17) is 4.74 Å². The molecule has 1 aliphatic heterocycles. The van der Waals surface area contributed by atoms with Crippen LogP contribution in [0.5, 0.6) is 0 Å². The van der Waals surface area contributed by atoms with E-state index in [2.05, 4.69) is 38.0 Å². The average Bonchev–Trinajstić information content (AvgIpc) is 2.26. The van der Waals surface area contributed by atoms with Gasteiger partial charge in [0.05, 0.1) is 6.61 Å². The molecule has 1 heterocycles. The molecule has 2 atom stereocenters. The van der Waals surface area contributed by atoms with Gasteiger partial charge in [0.1, 0.15) is 0 Å². The third kappa shape index (κ3) is 5.84. The summed E-state index contributed by atoms with van der Waals surface area (Å²) in [7, 11) is 2.23. The highest BCUT2D eigenvalue weighted by molar-refractivity contribution is 4.81. The lowest BCUT2D eigenvalue weighted by Crippen LogP contribution is -2.47. The van der Waals surface area contributed by atoms with E-state index in [0.29, 0.717) is 12.0 Å². The van der Waals surface area contributed by atoms with Gasteiger partial charge in [-0.1, -0.05) is 20.8 Å². The van der Waals surface area contributed by atoms with Gasteiger partial charge in [-0.15, -0.1) is 0 Å². The van der Waals surface area contributed by atoms with Gasteiger partial charge in [0.15, 0.2) is 0 Å². The fraction of sp³-hybridized carbons (Fsp3) is 1.00. The third-order valence-electron chi connectivity index (χ3n) is 3.35. The number of hydrogen-bond donors (Lipinski definition) is 1. The molecule has 17 heavy (non-hydrogen) atoms. The van der Waals surface area contributed by atoms with Crippen molar-refractivity contribution in [1.82, 2.24) is 10.2 Å². The standard InChI is InChI=1S/C14H30N2O/c1-5-7-15-14-6-8-17-11-13(14)10-16(4)9-12(2)3/h12-15H,5-11H2,1-4H3. The van der Waals surface area contributed by atoms with Crippen molar-refractivity contribution < 1.29 is 4.74 Å². The molecule has 0 aromatic rings. The molecule has 0 saturated carbocycles. The lowest BCUT2D eigenvalue weighted by Gasteiger charge is -2.35. The molecule has 0 spiro atoms. The Balaban J connectivity index is 2.36. The zero-order valence-electron chi connectivity index (χ0n) is 12.0. The molecule has 2 unspecified atom stereocenters. The van der Waals surface area contributed by atoms with Crippen molar-refractivity contribution in [3.63, 3.8) is 0 Å². The van der Waals surface area contributed by atoms with Crippen molar-refractivity contribution in [3.8, 4) is 0 Å². The van der Waals surface area contributed by atoms with Crippen LogP contribution in [-0.2, 0) is 4.74 Å². The first kappa shape index (κ1) is 14.9. The maximum atomic E-state index is 5.63. The van der Waals surface area contributed by atoms with E-state index >= 15 is 0 Å². The SMILES string of the molecule is CCCNC1CCOCC1CN(C)CC(C)C. The first-order valence-electron chi connectivity index (χ1n) is 7.13. The molecule has 3 nitrogen and oxygen atoms in total. The average molecular weight is 242 g/mol. The van der Waals surface area contributed by atoms with E-state index in [1.165, 1.54) is 19.4 Å². The van der Waals surface area contributed by atoms with Gasteiger partial charge in [0.2, 0.25) is 0 Å². The zero-order chi connectivity index (χ0) is 12.7. The molecule has 0 radical (unpaired) electrons. The largest absolute Gasteiger partial charge is 0.381 e. The van der Waals surface area contributed by atoms with Gasteiger partial charge in [0.25, 0.3) is 0 Å². The molecule has 0 aromatic heterocycles. The summed E-state index contributed by atoms with van der Waals surface area (Å²) in [5.74, 6) is 1.39. The van der Waals surface area contributed by atoms with E-state index < -0.39 is 0 Å². The topological polar surface area (TPSA) is 24.5 Å². The van der Waals surface area contributed by atoms with Crippen LogP contribution in [0.15, 0.2) is 0 Å². The van der Waals surface area contributed by atoms with Crippen LogP contribution in [0.3, 0.4) is 0 Å². The summed E-state index contributed by atoms with van der Waals surface area (Å²) in [5, 5.41) is 3.67. The van der Waals surface area contributed by atoms with Crippen LogP contribution in [0.2, 0.25) is 0 Å². The summed E-state index contributed by atoms with van der Waals surface area (Å²) in [6, 6.07) is 0.651. The molecular formula is C14H30N2O. The fourth-order valence-corrected chi connectivity index (χ4v) is 2.67. The van der Waals surface area contributed by atoms with Crippen LogP contribution < -0.4 is 5.32 Å². The van der Waals surface area contributed by atoms with E-state index in [-0.39, 0.29) is 0 Å². The quantitative estimate of drug-likeness (QED) is 0.739. The van der Waals surface area contributed by atoms with Crippen LogP contribution in [-0.4, -0.2) is 50.8 Å². The Labute approximate surface area is 107 Å². The molecule has 0 aromatic carbocycles. The van der Waals surface area contributed by atoms with Gasteiger partial charge >= 0.3 is 0 Å². The van der Waals surface area contributed by atoms with E-state index in [0.717, 1.165) is 32.2 Å². The Morgan fingerprint density at radius 2 is 2.18 bits per heavy atom. The van der Waals surface area contributed by atoms with Crippen LogP contribution in [0.4, 0.5) is 0 Å². The maximum Gasteiger partial charge on any atom is 0.0521 e. The molecule has 1 fully saturated rings. The highest BCUT2D eigenvalue weighted by atomic mass is 16.5. The lowest BCUT2D eigenvalue weighted by atomic mass is 9.95. The first-order chi connectivity index (χ1) is 8.13. The normalized spacial score (nSPS) is 25.8. The Bertz CT molecular complexity index is 197. The minimum Gasteiger partial charge on any atom is -0.381 e. The van der Waals surface area contributed by atoms with Gasteiger partial charge in [-0.3, -0.25) is 0 Å². The molecule has 3 heteroatoms. The molecule has 0 aliphatic carbocycles. The summed E-state index contributed by atoms with van der Waals surface area (Å²) < 4.78 is 5.63.